The maximum absolute atomic E-state index is 11.6. The lowest BCUT2D eigenvalue weighted by Gasteiger charge is -2.64. The molecule has 4 aliphatic carbocycles. The van der Waals surface area contributed by atoms with Crippen molar-refractivity contribution in [3.63, 3.8) is 0 Å². The van der Waals surface area contributed by atoms with Crippen molar-refractivity contribution in [3.05, 3.63) is 0 Å². The highest BCUT2D eigenvalue weighted by Gasteiger charge is 2.64. The van der Waals surface area contributed by atoms with Gasteiger partial charge in [-0.15, -0.1) is 0 Å². The zero-order valence-electron chi connectivity index (χ0n) is 21.5. The minimum Gasteiger partial charge on any atom is -0.393 e. The summed E-state index contributed by atoms with van der Waals surface area (Å²) in [4.78, 5) is 0. The summed E-state index contributed by atoms with van der Waals surface area (Å²) in [5, 5.41) is 21.9. The molecule has 4 aliphatic rings. The molecule has 0 aromatic heterocycles. The van der Waals surface area contributed by atoms with Gasteiger partial charge in [-0.05, 0) is 110 Å². The number of rotatable bonds is 6. The van der Waals surface area contributed by atoms with E-state index in [4.69, 9.17) is 0 Å². The zero-order chi connectivity index (χ0) is 22.6. The molecule has 0 amide bonds. The Labute approximate surface area is 193 Å². The van der Waals surface area contributed by atoms with Crippen molar-refractivity contribution in [2.45, 2.75) is 130 Å². The van der Waals surface area contributed by atoms with Crippen LogP contribution in [0.3, 0.4) is 0 Å². The molecule has 0 aromatic carbocycles. The summed E-state index contributed by atoms with van der Waals surface area (Å²) in [6.07, 6.45) is 14.0. The van der Waals surface area contributed by atoms with Crippen LogP contribution in [0.2, 0.25) is 0 Å². The molecule has 4 rings (SSSR count). The van der Waals surface area contributed by atoms with Gasteiger partial charge >= 0.3 is 0 Å². The first kappa shape index (κ1) is 24.1. The molecule has 0 saturated heterocycles. The Morgan fingerprint density at radius 2 is 1.61 bits per heavy atom. The van der Waals surface area contributed by atoms with Crippen LogP contribution >= 0.6 is 0 Å². The summed E-state index contributed by atoms with van der Waals surface area (Å²) >= 11 is 0. The monoisotopic (exact) mass is 432 g/mol. The van der Waals surface area contributed by atoms with Crippen LogP contribution in [0, 0.1) is 52.3 Å². The van der Waals surface area contributed by atoms with Gasteiger partial charge in [-0.1, -0.05) is 54.4 Å². The van der Waals surface area contributed by atoms with Gasteiger partial charge in [0.25, 0.3) is 0 Å². The van der Waals surface area contributed by atoms with Crippen molar-refractivity contribution in [2.24, 2.45) is 52.3 Å². The Kier molecular flexibility index (Phi) is 6.68. The number of aliphatic hydroxyl groups is 2. The first-order valence-corrected chi connectivity index (χ1v) is 14.0. The molecular weight excluding hydrogens is 380 g/mol. The highest BCUT2D eigenvalue weighted by Crippen LogP contribution is 2.69. The van der Waals surface area contributed by atoms with E-state index in [0.29, 0.717) is 17.8 Å². The van der Waals surface area contributed by atoms with Gasteiger partial charge in [0.1, 0.15) is 0 Å². The molecule has 2 N–H and O–H groups in total. The molecule has 2 unspecified atom stereocenters. The van der Waals surface area contributed by atoms with Crippen LogP contribution in [0.1, 0.15) is 119 Å². The van der Waals surface area contributed by atoms with Crippen LogP contribution in [-0.4, -0.2) is 21.9 Å². The Morgan fingerprint density at radius 1 is 0.871 bits per heavy atom. The van der Waals surface area contributed by atoms with Crippen molar-refractivity contribution < 1.29 is 10.2 Å². The molecule has 0 aromatic rings. The Hall–Kier alpha value is -0.0800. The van der Waals surface area contributed by atoms with E-state index in [1.807, 2.05) is 0 Å². The third-order valence-corrected chi connectivity index (χ3v) is 12.0. The van der Waals surface area contributed by atoms with Crippen LogP contribution in [-0.2, 0) is 0 Å². The second-order valence-corrected chi connectivity index (χ2v) is 13.5. The van der Waals surface area contributed by atoms with Crippen LogP contribution < -0.4 is 0 Å². The van der Waals surface area contributed by atoms with Gasteiger partial charge in [0.2, 0.25) is 0 Å². The van der Waals surface area contributed by atoms with Gasteiger partial charge in [0, 0.05) is 6.42 Å². The summed E-state index contributed by atoms with van der Waals surface area (Å²) in [6.45, 7) is 14.8. The molecule has 0 heterocycles. The summed E-state index contributed by atoms with van der Waals surface area (Å²) < 4.78 is 0. The second kappa shape index (κ2) is 8.61. The van der Waals surface area contributed by atoms with E-state index >= 15 is 0 Å². The Balaban J connectivity index is 1.48. The van der Waals surface area contributed by atoms with Gasteiger partial charge < -0.3 is 10.2 Å². The number of hydrogen-bond acceptors (Lipinski definition) is 2. The highest BCUT2D eigenvalue weighted by atomic mass is 16.3. The molecule has 2 heteroatoms. The quantitative estimate of drug-likeness (QED) is 0.465. The zero-order valence-corrected chi connectivity index (χ0v) is 21.5. The maximum Gasteiger partial charge on any atom is 0.0728 e. The lowest BCUT2D eigenvalue weighted by Crippen LogP contribution is -2.62. The molecule has 2 nitrogen and oxygen atoms in total. The lowest BCUT2D eigenvalue weighted by molar-refractivity contribution is -0.220. The van der Waals surface area contributed by atoms with Gasteiger partial charge in [-0.25, -0.2) is 0 Å². The fourth-order valence-electron chi connectivity index (χ4n) is 9.89. The first-order valence-electron chi connectivity index (χ1n) is 14.0. The molecule has 0 spiro atoms. The summed E-state index contributed by atoms with van der Waals surface area (Å²) in [7, 11) is 0. The molecule has 10 atom stereocenters. The van der Waals surface area contributed by atoms with Crippen LogP contribution in [0.25, 0.3) is 0 Å². The van der Waals surface area contributed by atoms with Crippen LogP contribution in [0.4, 0.5) is 0 Å². The highest BCUT2D eigenvalue weighted by molar-refractivity contribution is 5.14. The predicted molar refractivity (Wildman–Crippen MR) is 130 cm³/mol. The fourth-order valence-corrected chi connectivity index (χ4v) is 9.89. The number of hydrogen-bond donors (Lipinski definition) is 2. The maximum atomic E-state index is 11.6. The first-order chi connectivity index (χ1) is 14.6. The van der Waals surface area contributed by atoms with Crippen LogP contribution in [0.15, 0.2) is 0 Å². The fraction of sp³-hybridized carbons (Fsp3) is 1.00. The Bertz CT molecular complexity index is 630. The molecule has 180 valence electrons. The minimum absolute atomic E-state index is 0.0196. The van der Waals surface area contributed by atoms with Crippen molar-refractivity contribution in [3.8, 4) is 0 Å². The van der Waals surface area contributed by atoms with Gasteiger partial charge in [-0.3, -0.25) is 0 Å². The van der Waals surface area contributed by atoms with E-state index in [1.54, 1.807) is 0 Å². The van der Waals surface area contributed by atoms with E-state index in [1.165, 1.54) is 51.4 Å². The van der Waals surface area contributed by atoms with Crippen molar-refractivity contribution in [1.29, 1.82) is 0 Å². The predicted octanol–water partition coefficient (Wildman–Crippen LogP) is 7.22. The molecule has 4 saturated carbocycles. The largest absolute Gasteiger partial charge is 0.393 e. The van der Waals surface area contributed by atoms with Gasteiger partial charge in [0.15, 0.2) is 0 Å². The normalized spacial score (nSPS) is 49.3. The number of aliphatic hydroxyl groups excluding tert-OH is 1. The lowest BCUT2D eigenvalue weighted by atomic mass is 9.43. The average Bonchev–Trinajstić information content (AvgIpc) is 3.06. The standard InChI is InChI=1S/C29H52O2/c1-7-21(19(2)3)9-8-20(4)24-10-11-25-23-13-17-29(31)18-22(30)12-16-28(29,6)26(23)14-15-27(24,25)5/h19-26,30-31H,7-18H2,1-6H3/t20-,21-,22?,23+,24-,25+,26+,27-,28-,29?/m1/s1. The van der Waals surface area contributed by atoms with Crippen molar-refractivity contribution >= 4 is 0 Å². The molecular formula is C29H52O2. The van der Waals surface area contributed by atoms with E-state index < -0.39 is 5.60 Å². The molecule has 0 aliphatic heterocycles. The topological polar surface area (TPSA) is 40.5 Å². The molecule has 4 fully saturated rings. The SMILES string of the molecule is CC[C@H](CC[C@@H](C)[C@H]1CC[C@H]2[C@@H]3CCC4(O)CC(O)CC[C@]4(C)[C@H]3CC[C@]12C)C(C)C. The minimum atomic E-state index is -0.628. The van der Waals surface area contributed by atoms with Crippen LogP contribution in [0.5, 0.6) is 0 Å². The number of fused-ring (bicyclic) bond motifs is 5. The third-order valence-electron chi connectivity index (χ3n) is 12.0. The molecule has 31 heavy (non-hydrogen) atoms. The summed E-state index contributed by atoms with van der Waals surface area (Å²) in [5.41, 5.74) is -0.0944. The van der Waals surface area contributed by atoms with Gasteiger partial charge in [-0.2, -0.15) is 0 Å². The smallest absolute Gasteiger partial charge is 0.0728 e. The summed E-state index contributed by atoms with van der Waals surface area (Å²) in [5.74, 6) is 5.77. The van der Waals surface area contributed by atoms with E-state index in [2.05, 4.69) is 41.5 Å². The van der Waals surface area contributed by atoms with E-state index in [0.717, 1.165) is 54.8 Å². The van der Waals surface area contributed by atoms with E-state index in [-0.39, 0.29) is 11.5 Å². The van der Waals surface area contributed by atoms with E-state index in [9.17, 15) is 10.2 Å². The van der Waals surface area contributed by atoms with Crippen molar-refractivity contribution in [1.82, 2.24) is 0 Å². The Morgan fingerprint density at radius 3 is 2.29 bits per heavy atom. The van der Waals surface area contributed by atoms with Crippen molar-refractivity contribution in [2.75, 3.05) is 0 Å². The molecule has 0 radical (unpaired) electrons. The third kappa shape index (κ3) is 3.84. The summed E-state index contributed by atoms with van der Waals surface area (Å²) in [6, 6.07) is 0. The second-order valence-electron chi connectivity index (χ2n) is 13.5. The molecule has 0 bridgehead atoms. The average molecular weight is 433 g/mol. The van der Waals surface area contributed by atoms with Gasteiger partial charge in [0.05, 0.1) is 11.7 Å².